The molecule has 0 spiro atoms. The molecule has 0 aliphatic rings. The Bertz CT molecular complexity index is 848. The van der Waals surface area contributed by atoms with E-state index in [1.807, 2.05) is 12.1 Å². The van der Waals surface area contributed by atoms with Crippen molar-refractivity contribution >= 4 is 28.9 Å². The normalized spacial score (nSPS) is 10.9. The Morgan fingerprint density at radius 2 is 1.26 bits per heavy atom. The first-order valence-electron chi connectivity index (χ1n) is 13.3. The predicted molar refractivity (Wildman–Crippen MR) is 146 cm³/mol. The van der Waals surface area contributed by atoms with Crippen LogP contribution in [0.4, 0.5) is 17.3 Å². The molecule has 0 radical (unpaired) electrons. The van der Waals surface area contributed by atoms with Crippen molar-refractivity contribution in [2.75, 3.05) is 17.2 Å². The number of unbranched alkanes of at least 4 members (excludes halogenated alkanes) is 13. The number of halogens is 1. The minimum absolute atomic E-state index is 0.119. The van der Waals surface area contributed by atoms with Crippen molar-refractivity contribution in [2.45, 2.75) is 103 Å². The SMILES string of the molecule is CCCCCCCCCCCCCCCCNc1ncnc(NCc2ccc(Cl)cc2)c1[N+](=O)[O-]. The van der Waals surface area contributed by atoms with Crippen LogP contribution < -0.4 is 10.6 Å². The van der Waals surface area contributed by atoms with Gasteiger partial charge in [-0.15, -0.1) is 0 Å². The van der Waals surface area contributed by atoms with Gasteiger partial charge >= 0.3 is 5.69 Å². The standard InChI is InChI=1S/C27H42ClN5O2/c1-2-3-4-5-6-7-8-9-10-11-12-13-14-15-20-29-26-25(33(34)35)27(32-22-31-26)30-21-23-16-18-24(28)19-17-23/h16-19,22H,2-15,20-21H2,1H3,(H2,29,30,31,32). The predicted octanol–water partition coefficient (Wildman–Crippen LogP) is 8.54. The third kappa shape index (κ3) is 12.2. The number of nitrogens with zero attached hydrogens (tertiary/aromatic N) is 3. The highest BCUT2D eigenvalue weighted by atomic mass is 35.5. The van der Waals surface area contributed by atoms with Gasteiger partial charge in [-0.25, -0.2) is 9.97 Å². The van der Waals surface area contributed by atoms with Crippen LogP contribution in [0.1, 0.15) is 102 Å². The van der Waals surface area contributed by atoms with Crippen molar-refractivity contribution in [3.8, 4) is 0 Å². The quantitative estimate of drug-likeness (QED) is 0.107. The highest BCUT2D eigenvalue weighted by molar-refractivity contribution is 6.30. The maximum absolute atomic E-state index is 11.7. The summed E-state index contributed by atoms with van der Waals surface area (Å²) in [5.41, 5.74) is 0.839. The number of nitrogens with one attached hydrogen (secondary N) is 2. The summed E-state index contributed by atoms with van der Waals surface area (Å²) in [6.45, 7) is 3.33. The molecule has 0 bridgehead atoms. The highest BCUT2D eigenvalue weighted by Crippen LogP contribution is 2.29. The lowest BCUT2D eigenvalue weighted by Crippen LogP contribution is -2.10. The van der Waals surface area contributed by atoms with Gasteiger partial charge in [-0.05, 0) is 24.1 Å². The molecule has 1 aromatic heterocycles. The Morgan fingerprint density at radius 3 is 1.77 bits per heavy atom. The Balaban J connectivity index is 1.60. The van der Waals surface area contributed by atoms with Crippen LogP contribution in [0, 0.1) is 10.1 Å². The van der Waals surface area contributed by atoms with E-state index in [9.17, 15) is 10.1 Å². The number of hydrogen-bond acceptors (Lipinski definition) is 6. The largest absolute Gasteiger partial charge is 0.364 e. The second-order valence-corrected chi connectivity index (χ2v) is 9.62. The van der Waals surface area contributed by atoms with Crippen LogP contribution in [0.5, 0.6) is 0 Å². The Labute approximate surface area is 215 Å². The molecule has 1 heterocycles. The second kappa shape index (κ2) is 17.9. The fraction of sp³-hybridized carbons (Fsp3) is 0.630. The fourth-order valence-electron chi connectivity index (χ4n) is 4.12. The van der Waals surface area contributed by atoms with E-state index in [0.29, 0.717) is 18.1 Å². The summed E-state index contributed by atoms with van der Waals surface area (Å²) in [5.74, 6) is 0.474. The fourth-order valence-corrected chi connectivity index (χ4v) is 4.25. The van der Waals surface area contributed by atoms with Crippen molar-refractivity contribution in [1.29, 1.82) is 0 Å². The maximum Gasteiger partial charge on any atom is 0.353 e. The molecule has 2 N–H and O–H groups in total. The molecule has 194 valence electrons. The first kappa shape index (κ1) is 28.8. The van der Waals surface area contributed by atoms with Crippen LogP contribution in [-0.2, 0) is 6.54 Å². The van der Waals surface area contributed by atoms with Gasteiger partial charge in [0.1, 0.15) is 6.33 Å². The smallest absolute Gasteiger partial charge is 0.353 e. The van der Waals surface area contributed by atoms with E-state index in [-0.39, 0.29) is 17.3 Å². The van der Waals surface area contributed by atoms with Gasteiger partial charge in [0, 0.05) is 18.1 Å². The summed E-state index contributed by atoms with van der Waals surface area (Å²) < 4.78 is 0. The molecule has 0 aliphatic heterocycles. The zero-order valence-corrected chi connectivity index (χ0v) is 22.0. The Hall–Kier alpha value is -2.41. The topological polar surface area (TPSA) is 93.0 Å². The van der Waals surface area contributed by atoms with Crippen LogP contribution in [0.15, 0.2) is 30.6 Å². The molecule has 0 amide bonds. The van der Waals surface area contributed by atoms with E-state index in [4.69, 9.17) is 11.6 Å². The van der Waals surface area contributed by atoms with Crippen LogP contribution in [0.2, 0.25) is 5.02 Å². The van der Waals surface area contributed by atoms with Gasteiger partial charge in [-0.3, -0.25) is 10.1 Å². The van der Waals surface area contributed by atoms with E-state index in [1.54, 1.807) is 12.1 Å². The molecule has 8 heteroatoms. The first-order valence-corrected chi connectivity index (χ1v) is 13.7. The van der Waals surface area contributed by atoms with Crippen molar-refractivity contribution in [3.05, 3.63) is 51.3 Å². The number of anilines is 2. The maximum atomic E-state index is 11.7. The van der Waals surface area contributed by atoms with Gasteiger partial charge in [0.2, 0.25) is 11.6 Å². The Morgan fingerprint density at radius 1 is 0.771 bits per heavy atom. The van der Waals surface area contributed by atoms with Gasteiger partial charge in [-0.1, -0.05) is 114 Å². The molecule has 1 aromatic carbocycles. The minimum Gasteiger partial charge on any atom is -0.364 e. The van der Waals surface area contributed by atoms with Crippen LogP contribution in [0.3, 0.4) is 0 Å². The third-order valence-electron chi connectivity index (χ3n) is 6.20. The summed E-state index contributed by atoms with van der Waals surface area (Å²) in [7, 11) is 0. The van der Waals surface area contributed by atoms with Gasteiger partial charge in [0.25, 0.3) is 0 Å². The van der Waals surface area contributed by atoms with E-state index in [1.165, 1.54) is 83.4 Å². The van der Waals surface area contributed by atoms with Crippen LogP contribution in [-0.4, -0.2) is 21.4 Å². The van der Waals surface area contributed by atoms with Gasteiger partial charge in [0.15, 0.2) is 0 Å². The molecule has 7 nitrogen and oxygen atoms in total. The van der Waals surface area contributed by atoms with Gasteiger partial charge in [-0.2, -0.15) is 0 Å². The molecule has 0 aliphatic carbocycles. The molecule has 35 heavy (non-hydrogen) atoms. The first-order chi connectivity index (χ1) is 17.1. The zero-order valence-electron chi connectivity index (χ0n) is 21.2. The lowest BCUT2D eigenvalue weighted by Gasteiger charge is -2.10. The molecular formula is C27H42ClN5O2. The van der Waals surface area contributed by atoms with E-state index in [0.717, 1.165) is 18.4 Å². The van der Waals surface area contributed by atoms with Gasteiger partial charge < -0.3 is 10.6 Å². The van der Waals surface area contributed by atoms with E-state index in [2.05, 4.69) is 27.5 Å². The molecular weight excluding hydrogens is 462 g/mol. The molecule has 2 aromatic rings. The zero-order chi connectivity index (χ0) is 25.1. The molecule has 0 atom stereocenters. The summed E-state index contributed by atoms with van der Waals surface area (Å²) >= 11 is 5.91. The number of aromatic nitrogens is 2. The third-order valence-corrected chi connectivity index (χ3v) is 6.45. The summed E-state index contributed by atoms with van der Waals surface area (Å²) in [6.07, 6.45) is 19.6. The number of hydrogen-bond donors (Lipinski definition) is 2. The molecule has 0 unspecified atom stereocenters. The number of benzene rings is 1. The lowest BCUT2D eigenvalue weighted by molar-refractivity contribution is -0.383. The summed E-state index contributed by atoms with van der Waals surface area (Å²) in [6, 6.07) is 7.32. The number of nitro groups is 1. The van der Waals surface area contributed by atoms with Crippen molar-refractivity contribution in [1.82, 2.24) is 9.97 Å². The number of rotatable bonds is 20. The molecule has 0 saturated carbocycles. The molecule has 2 rings (SSSR count). The van der Waals surface area contributed by atoms with Crippen molar-refractivity contribution in [3.63, 3.8) is 0 Å². The summed E-state index contributed by atoms with van der Waals surface area (Å²) in [4.78, 5) is 19.4. The monoisotopic (exact) mass is 503 g/mol. The summed E-state index contributed by atoms with van der Waals surface area (Å²) in [5, 5.41) is 18.5. The molecule has 0 saturated heterocycles. The molecule has 0 fully saturated rings. The minimum atomic E-state index is -0.433. The average molecular weight is 504 g/mol. The van der Waals surface area contributed by atoms with Crippen molar-refractivity contribution in [2.24, 2.45) is 0 Å². The van der Waals surface area contributed by atoms with Crippen LogP contribution in [0.25, 0.3) is 0 Å². The van der Waals surface area contributed by atoms with Crippen molar-refractivity contribution < 1.29 is 4.92 Å². The average Bonchev–Trinajstić information content (AvgIpc) is 2.86. The second-order valence-electron chi connectivity index (χ2n) is 9.18. The van der Waals surface area contributed by atoms with Crippen LogP contribution >= 0.6 is 11.6 Å². The highest BCUT2D eigenvalue weighted by Gasteiger charge is 2.22. The lowest BCUT2D eigenvalue weighted by atomic mass is 10.0. The van der Waals surface area contributed by atoms with E-state index < -0.39 is 4.92 Å². The van der Waals surface area contributed by atoms with E-state index >= 15 is 0 Å². The van der Waals surface area contributed by atoms with Gasteiger partial charge in [0.05, 0.1) is 4.92 Å². The Kier molecular flexibility index (Phi) is 14.8.